The molecule has 4 N–H and O–H groups in total. The third kappa shape index (κ3) is 4.42. The molecule has 1 amide bonds. The maximum atomic E-state index is 15.7. The summed E-state index contributed by atoms with van der Waals surface area (Å²) in [7, 11) is 0. The van der Waals surface area contributed by atoms with Crippen LogP contribution in [0.2, 0.25) is 10.2 Å². The first-order valence-corrected chi connectivity index (χ1v) is 12.1. The lowest BCUT2D eigenvalue weighted by atomic mass is 9.80. The summed E-state index contributed by atoms with van der Waals surface area (Å²) < 4.78 is 30.7. The van der Waals surface area contributed by atoms with Gasteiger partial charge in [0.05, 0.1) is 11.6 Å². The van der Waals surface area contributed by atoms with Crippen molar-refractivity contribution in [3.63, 3.8) is 0 Å². The van der Waals surface area contributed by atoms with Gasteiger partial charge in [0.2, 0.25) is 5.91 Å². The summed E-state index contributed by atoms with van der Waals surface area (Å²) in [6.45, 7) is 2.40. The molecule has 2 aromatic rings. The Morgan fingerprint density at radius 3 is 2.74 bits per heavy atom. The van der Waals surface area contributed by atoms with E-state index in [1.165, 1.54) is 18.3 Å². The molecule has 1 saturated heterocycles. The van der Waals surface area contributed by atoms with Crippen molar-refractivity contribution in [2.24, 2.45) is 16.6 Å². The normalized spacial score (nSPS) is 28.7. The van der Waals surface area contributed by atoms with Gasteiger partial charge in [0.15, 0.2) is 0 Å². The number of rotatable bonds is 4. The average molecular weight is 521 g/mol. The number of primary amides is 1. The lowest BCUT2D eigenvalue weighted by molar-refractivity contribution is -0.115. The number of alkyl halides is 1. The Morgan fingerprint density at radius 1 is 1.23 bits per heavy atom. The number of hydrogen-bond acceptors (Lipinski definition) is 6. The Bertz CT molecular complexity index is 1240. The number of nitrogens with one attached hydrogen (secondary N) is 2. The summed E-state index contributed by atoms with van der Waals surface area (Å²) in [5.74, 6) is -0.798. The van der Waals surface area contributed by atoms with E-state index in [9.17, 15) is 4.79 Å². The smallest absolute Gasteiger partial charge is 0.248 e. The van der Waals surface area contributed by atoms with Crippen LogP contribution in [0.3, 0.4) is 0 Å². The number of fused-ring (bicyclic) bond motifs is 1. The van der Waals surface area contributed by atoms with Gasteiger partial charge in [-0.2, -0.15) is 0 Å². The Hall–Kier alpha value is -2.59. The monoisotopic (exact) mass is 520 g/mol. The predicted molar refractivity (Wildman–Crippen MR) is 130 cm³/mol. The van der Waals surface area contributed by atoms with E-state index in [2.05, 4.69) is 15.8 Å². The molecule has 2 fully saturated rings. The summed E-state index contributed by atoms with van der Waals surface area (Å²) in [5, 5.41) is 0.442. The molecule has 1 aromatic carbocycles. The maximum absolute atomic E-state index is 15.7. The molecule has 1 aliphatic carbocycles. The quantitative estimate of drug-likeness (QED) is 0.534. The Balaban J connectivity index is 1.68. The largest absolute Gasteiger partial charge is 0.366 e. The number of amides is 1. The van der Waals surface area contributed by atoms with E-state index in [4.69, 9.17) is 33.9 Å². The van der Waals surface area contributed by atoms with Gasteiger partial charge >= 0.3 is 0 Å². The van der Waals surface area contributed by atoms with E-state index in [1.54, 1.807) is 24.0 Å². The number of aromatic nitrogens is 1. The van der Waals surface area contributed by atoms with Crippen LogP contribution in [0.25, 0.3) is 0 Å². The Labute approximate surface area is 211 Å². The predicted octanol–water partition coefficient (Wildman–Crippen LogP) is 3.68. The first-order valence-electron chi connectivity index (χ1n) is 11.3. The molecule has 5 unspecified atom stereocenters. The fraction of sp³-hybridized carbons (Fsp3) is 0.375. The number of hydrogen-bond donors (Lipinski definition) is 3. The van der Waals surface area contributed by atoms with Gasteiger partial charge in [-0.15, -0.1) is 0 Å². The molecule has 5 atom stereocenters. The Morgan fingerprint density at radius 2 is 2.03 bits per heavy atom. The number of carbonyl (C=O) groups excluding carboxylic acids is 1. The van der Waals surface area contributed by atoms with Gasteiger partial charge < -0.3 is 10.6 Å². The van der Waals surface area contributed by atoms with Gasteiger partial charge in [0, 0.05) is 40.6 Å². The van der Waals surface area contributed by atoms with Crippen molar-refractivity contribution in [3.8, 4) is 0 Å². The number of aliphatic imine (C=N–C) groups is 1. The highest BCUT2D eigenvalue weighted by Gasteiger charge is 2.46. The summed E-state index contributed by atoms with van der Waals surface area (Å²) in [5.41, 5.74) is 13.3. The lowest BCUT2D eigenvalue weighted by Gasteiger charge is -2.45. The van der Waals surface area contributed by atoms with Crippen LogP contribution in [-0.2, 0) is 4.79 Å². The van der Waals surface area contributed by atoms with E-state index in [0.29, 0.717) is 36.5 Å². The zero-order valence-corrected chi connectivity index (χ0v) is 20.3. The fourth-order valence-electron chi connectivity index (χ4n) is 5.36. The van der Waals surface area contributed by atoms with Crippen LogP contribution < -0.4 is 16.6 Å². The molecule has 35 heavy (non-hydrogen) atoms. The number of pyridine rings is 1. The zero-order chi connectivity index (χ0) is 24.9. The van der Waals surface area contributed by atoms with Gasteiger partial charge in [-0.25, -0.2) is 13.8 Å². The molecule has 0 spiro atoms. The fourth-order valence-corrected chi connectivity index (χ4v) is 5.70. The lowest BCUT2D eigenvalue weighted by Crippen LogP contribution is -2.54. The van der Waals surface area contributed by atoms with Crippen LogP contribution in [0.15, 0.2) is 52.8 Å². The average Bonchev–Trinajstić information content (AvgIpc) is 3.25. The number of halogens is 4. The van der Waals surface area contributed by atoms with E-state index < -0.39 is 30.0 Å². The van der Waals surface area contributed by atoms with Crippen LogP contribution in [0.1, 0.15) is 36.9 Å². The van der Waals surface area contributed by atoms with Crippen LogP contribution in [0.4, 0.5) is 8.78 Å². The molecular weight excluding hydrogens is 497 g/mol. The SMILES string of the molecule is CC1=C(C(N)=O)C(c2ccc(Cl)cc2F)N=C(c2ccnc(Cl)c2)N1C1CC2CNNC2CC1F. The van der Waals surface area contributed by atoms with Crippen LogP contribution in [-0.4, -0.2) is 46.4 Å². The molecule has 3 heterocycles. The molecule has 1 aromatic heterocycles. The summed E-state index contributed by atoms with van der Waals surface area (Å²) in [4.78, 5) is 23.3. The van der Waals surface area contributed by atoms with Crippen LogP contribution in [0, 0.1) is 11.7 Å². The number of allylic oxidation sites excluding steroid dienone is 1. The highest BCUT2D eigenvalue weighted by atomic mass is 35.5. The van der Waals surface area contributed by atoms with E-state index in [0.717, 1.165) is 6.07 Å². The van der Waals surface area contributed by atoms with Gasteiger partial charge in [0.1, 0.15) is 29.0 Å². The van der Waals surface area contributed by atoms with Gasteiger partial charge in [-0.1, -0.05) is 29.3 Å². The number of amidine groups is 1. The number of carbonyl (C=O) groups is 1. The van der Waals surface area contributed by atoms with Crippen molar-refractivity contribution < 1.29 is 13.6 Å². The second-order valence-corrected chi connectivity index (χ2v) is 9.89. The van der Waals surface area contributed by atoms with Crippen molar-refractivity contribution in [1.29, 1.82) is 0 Å². The molecule has 5 rings (SSSR count). The van der Waals surface area contributed by atoms with E-state index in [-0.39, 0.29) is 33.3 Å². The van der Waals surface area contributed by atoms with Crippen molar-refractivity contribution in [3.05, 3.63) is 74.9 Å². The molecule has 3 aliphatic rings. The minimum atomic E-state index is -1.21. The molecule has 0 radical (unpaired) electrons. The molecule has 0 bridgehead atoms. The van der Waals surface area contributed by atoms with Crippen LogP contribution in [0.5, 0.6) is 0 Å². The maximum Gasteiger partial charge on any atom is 0.248 e. The van der Waals surface area contributed by atoms with Gasteiger partial charge in [-0.05, 0) is 49.9 Å². The topological polar surface area (TPSA) is 95.6 Å². The minimum Gasteiger partial charge on any atom is -0.366 e. The van der Waals surface area contributed by atoms with E-state index >= 15 is 8.78 Å². The third-order valence-electron chi connectivity index (χ3n) is 7.00. The molecule has 7 nitrogen and oxygen atoms in total. The minimum absolute atomic E-state index is 0.0256. The van der Waals surface area contributed by atoms with Gasteiger partial charge in [0.25, 0.3) is 0 Å². The standard InChI is InChI=1S/C24H24Cl2F2N6O/c1-11-21(23(29)35)22(15-3-2-14(25)8-16(15)27)32-24(12-4-5-30-20(26)7-12)34(11)19-6-13-10-31-33-18(13)9-17(19)28/h2-5,7-8,13,17-19,22,31,33H,6,9-10H2,1H3,(H2,29,35). The summed E-state index contributed by atoms with van der Waals surface area (Å²) >= 11 is 12.1. The highest BCUT2D eigenvalue weighted by molar-refractivity contribution is 6.30. The highest BCUT2D eigenvalue weighted by Crippen LogP contribution is 2.41. The van der Waals surface area contributed by atoms with Gasteiger partial charge in [-0.3, -0.25) is 20.6 Å². The number of nitrogens with two attached hydrogens (primary N) is 1. The first kappa shape index (κ1) is 24.1. The molecular formula is C24H24Cl2F2N6O. The second kappa shape index (κ2) is 9.46. The van der Waals surface area contributed by atoms with Crippen molar-refractivity contribution in [2.75, 3.05) is 6.54 Å². The number of nitrogens with zero attached hydrogens (tertiary/aromatic N) is 3. The number of hydrazine groups is 1. The van der Waals surface area contributed by atoms with E-state index in [1.807, 2.05) is 0 Å². The van der Waals surface area contributed by atoms with Crippen LogP contribution >= 0.6 is 23.2 Å². The van der Waals surface area contributed by atoms with Crippen molar-refractivity contribution >= 4 is 34.9 Å². The first-order chi connectivity index (χ1) is 16.7. The summed E-state index contributed by atoms with van der Waals surface area (Å²) in [6.07, 6.45) is 1.14. The molecule has 11 heteroatoms. The van der Waals surface area contributed by atoms with Crippen molar-refractivity contribution in [2.45, 2.75) is 44.1 Å². The number of benzene rings is 1. The molecule has 1 saturated carbocycles. The zero-order valence-electron chi connectivity index (χ0n) is 18.8. The molecule has 184 valence electrons. The van der Waals surface area contributed by atoms with Crippen molar-refractivity contribution in [1.82, 2.24) is 20.7 Å². The molecule has 2 aliphatic heterocycles. The third-order valence-corrected chi connectivity index (χ3v) is 7.45. The second-order valence-electron chi connectivity index (χ2n) is 9.07. The summed E-state index contributed by atoms with van der Waals surface area (Å²) in [6, 6.07) is 5.87. The Kier molecular flexibility index (Phi) is 6.52.